The average Bonchev–Trinajstić information content (AvgIpc) is 2.85. The van der Waals surface area contributed by atoms with Crippen LogP contribution in [0.1, 0.15) is 18.4 Å². The molecule has 104 valence electrons. The molecule has 20 heavy (non-hydrogen) atoms. The Morgan fingerprint density at radius 3 is 2.90 bits per heavy atom. The number of rotatable bonds is 5. The molecule has 0 fully saturated rings. The van der Waals surface area contributed by atoms with Gasteiger partial charge in [-0.05, 0) is 58.1 Å². The lowest BCUT2D eigenvalue weighted by Crippen LogP contribution is -2.23. The van der Waals surface area contributed by atoms with Crippen LogP contribution in [0.25, 0.3) is 6.08 Å². The highest BCUT2D eigenvalue weighted by Crippen LogP contribution is 2.27. The summed E-state index contributed by atoms with van der Waals surface area (Å²) in [6, 6.07) is 7.47. The molecule has 0 amide bonds. The van der Waals surface area contributed by atoms with E-state index >= 15 is 0 Å². The van der Waals surface area contributed by atoms with E-state index in [1.54, 1.807) is 0 Å². The molecule has 0 aliphatic rings. The molecule has 0 aliphatic carbocycles. The van der Waals surface area contributed by atoms with Crippen molar-refractivity contribution in [2.24, 2.45) is 0 Å². The maximum atomic E-state index is 11.2. The van der Waals surface area contributed by atoms with E-state index in [-0.39, 0.29) is 10.1 Å². The Morgan fingerprint density at radius 1 is 1.50 bits per heavy atom. The number of carboxylic acids is 1. The summed E-state index contributed by atoms with van der Waals surface area (Å²) in [5.74, 6) is -0.801. The molecule has 1 aromatic heterocycles. The number of aryl methyl sites for hydroxylation is 1. The van der Waals surface area contributed by atoms with E-state index in [1.165, 1.54) is 6.08 Å². The fraction of sp³-hybridized carbons (Fsp3) is 0.154. The quantitative estimate of drug-likeness (QED) is 0.434. The van der Waals surface area contributed by atoms with Crippen LogP contribution in [0.2, 0.25) is 0 Å². The maximum Gasteiger partial charge on any atom is 0.281 e. The summed E-state index contributed by atoms with van der Waals surface area (Å²) in [5.41, 5.74) is 0.777. The van der Waals surface area contributed by atoms with Gasteiger partial charge in [0, 0.05) is 14.9 Å². The van der Waals surface area contributed by atoms with Crippen molar-refractivity contribution in [1.82, 2.24) is 10.2 Å². The van der Waals surface area contributed by atoms with Gasteiger partial charge in [0.2, 0.25) is 5.89 Å². The molecule has 5 nitrogen and oxygen atoms in total. The van der Waals surface area contributed by atoms with Crippen molar-refractivity contribution in [1.29, 1.82) is 0 Å². The number of aliphatic carboxylic acids is 1. The first-order chi connectivity index (χ1) is 9.58. The monoisotopic (exact) mass is 401 g/mol. The highest BCUT2D eigenvalue weighted by Gasteiger charge is 2.09. The number of nitrogens with zero attached hydrogens (tertiary/aromatic N) is 2. The highest BCUT2D eigenvalue weighted by atomic mass is 127. The maximum absolute atomic E-state index is 11.2. The van der Waals surface area contributed by atoms with Crippen molar-refractivity contribution in [2.45, 2.75) is 18.6 Å². The van der Waals surface area contributed by atoms with Gasteiger partial charge in [-0.25, -0.2) is 0 Å². The van der Waals surface area contributed by atoms with Crippen molar-refractivity contribution in [3.05, 3.63) is 44.2 Å². The zero-order chi connectivity index (χ0) is 14.5. The van der Waals surface area contributed by atoms with Crippen LogP contribution >= 0.6 is 34.4 Å². The molecule has 0 unspecified atom stereocenters. The fourth-order valence-corrected chi connectivity index (χ4v) is 2.65. The summed E-state index contributed by atoms with van der Waals surface area (Å²) < 4.78 is 6.30. The molecule has 0 spiro atoms. The zero-order valence-electron chi connectivity index (χ0n) is 10.5. The second-order valence-electron chi connectivity index (χ2n) is 3.77. The Bertz CT molecular complexity index is 655. The number of aromatic nitrogens is 2. The molecule has 0 atom stereocenters. The first kappa shape index (κ1) is 15.0. The van der Waals surface area contributed by atoms with Crippen LogP contribution in [0.5, 0.6) is 0 Å². The smallest absolute Gasteiger partial charge is 0.281 e. The van der Waals surface area contributed by atoms with Crippen LogP contribution in [0.15, 0.2) is 38.8 Å². The van der Waals surface area contributed by atoms with E-state index in [9.17, 15) is 9.90 Å². The summed E-state index contributed by atoms with van der Waals surface area (Å²) in [6.07, 6.45) is 2.13. The summed E-state index contributed by atoms with van der Waals surface area (Å²) in [5, 5.41) is 18.9. The summed E-state index contributed by atoms with van der Waals surface area (Å²) >= 11 is 3.05. The van der Waals surface area contributed by atoms with Crippen molar-refractivity contribution in [2.75, 3.05) is 0 Å². The normalized spacial score (nSPS) is 11.6. The Morgan fingerprint density at radius 2 is 2.30 bits per heavy atom. The van der Waals surface area contributed by atoms with Gasteiger partial charge in [-0.3, -0.25) is 0 Å². The molecule has 0 saturated carbocycles. The third kappa shape index (κ3) is 4.07. The van der Waals surface area contributed by atoms with E-state index in [1.807, 2.05) is 31.2 Å². The molecular formula is C13H10IN2O3S-. The predicted molar refractivity (Wildman–Crippen MR) is 81.7 cm³/mol. The molecule has 0 aliphatic heterocycles. The number of benzene rings is 1. The van der Waals surface area contributed by atoms with E-state index < -0.39 is 5.97 Å². The second-order valence-corrected chi connectivity index (χ2v) is 6.01. The predicted octanol–water partition coefficient (Wildman–Crippen LogP) is 2.12. The first-order valence-corrected chi connectivity index (χ1v) is 7.67. The van der Waals surface area contributed by atoms with Gasteiger partial charge in [0.15, 0.2) is 0 Å². The zero-order valence-corrected chi connectivity index (χ0v) is 13.5. The molecule has 1 aromatic carbocycles. The topological polar surface area (TPSA) is 79.0 Å². The molecular weight excluding hydrogens is 391 g/mol. The Kier molecular flexibility index (Phi) is 5.18. The molecule has 2 rings (SSSR count). The van der Waals surface area contributed by atoms with Gasteiger partial charge in [0.1, 0.15) is 0 Å². The van der Waals surface area contributed by atoms with E-state index in [0.717, 1.165) is 20.9 Å². The van der Waals surface area contributed by atoms with Crippen molar-refractivity contribution in [3.63, 3.8) is 0 Å². The minimum Gasteiger partial charge on any atom is -0.544 e. The minimum atomic E-state index is -1.27. The van der Waals surface area contributed by atoms with E-state index in [0.29, 0.717) is 12.3 Å². The van der Waals surface area contributed by atoms with Gasteiger partial charge in [-0.1, -0.05) is 19.1 Å². The van der Waals surface area contributed by atoms with E-state index in [2.05, 4.69) is 32.8 Å². The molecule has 0 radical (unpaired) electrons. The van der Waals surface area contributed by atoms with Crippen molar-refractivity contribution >= 4 is 46.4 Å². The average molecular weight is 401 g/mol. The SMILES string of the molecule is CCc1nnc(S/C(=C\c2cccc(I)c2)C(=O)[O-])o1. The van der Waals surface area contributed by atoms with Gasteiger partial charge >= 0.3 is 0 Å². The molecule has 0 N–H and O–H groups in total. The fourth-order valence-electron chi connectivity index (χ4n) is 1.39. The van der Waals surface area contributed by atoms with Crippen molar-refractivity contribution in [3.8, 4) is 0 Å². The third-order valence-electron chi connectivity index (χ3n) is 2.30. The van der Waals surface area contributed by atoms with Gasteiger partial charge in [0.25, 0.3) is 5.22 Å². The van der Waals surface area contributed by atoms with Gasteiger partial charge < -0.3 is 14.3 Å². The van der Waals surface area contributed by atoms with Crippen LogP contribution in [0.3, 0.4) is 0 Å². The van der Waals surface area contributed by atoms with Gasteiger partial charge in [-0.2, -0.15) is 0 Å². The number of hydrogen-bond donors (Lipinski definition) is 0. The first-order valence-electron chi connectivity index (χ1n) is 5.77. The number of carbonyl (C=O) groups excluding carboxylic acids is 1. The lowest BCUT2D eigenvalue weighted by molar-refractivity contribution is -0.298. The Hall–Kier alpha value is -1.35. The molecule has 1 heterocycles. The van der Waals surface area contributed by atoms with Gasteiger partial charge in [0.05, 0.1) is 5.97 Å². The van der Waals surface area contributed by atoms with E-state index in [4.69, 9.17) is 4.42 Å². The minimum absolute atomic E-state index is 0.0262. The lowest BCUT2D eigenvalue weighted by atomic mass is 10.2. The van der Waals surface area contributed by atoms with Crippen LogP contribution in [0.4, 0.5) is 0 Å². The number of halogens is 1. The van der Waals surface area contributed by atoms with Crippen LogP contribution in [-0.2, 0) is 11.2 Å². The Labute approximate surface area is 133 Å². The molecule has 0 saturated heterocycles. The summed E-state index contributed by atoms with van der Waals surface area (Å²) in [7, 11) is 0. The summed E-state index contributed by atoms with van der Waals surface area (Å²) in [4.78, 5) is 11.2. The molecule has 0 bridgehead atoms. The second kappa shape index (κ2) is 6.89. The van der Waals surface area contributed by atoms with Crippen LogP contribution in [-0.4, -0.2) is 16.2 Å². The van der Waals surface area contributed by atoms with Gasteiger partial charge in [-0.15, -0.1) is 10.2 Å². The third-order valence-corrected chi connectivity index (χ3v) is 3.81. The molecule has 2 aromatic rings. The summed E-state index contributed by atoms with van der Waals surface area (Å²) in [6.45, 7) is 1.88. The standard InChI is InChI=1S/C13H11IN2O3S/c1-2-11-15-16-13(19-11)20-10(12(17)18)7-8-4-3-5-9(14)6-8/h3-7H,2H2,1H3,(H,17,18)/p-1/b10-7-. The largest absolute Gasteiger partial charge is 0.544 e. The van der Waals surface area contributed by atoms with Crippen LogP contribution < -0.4 is 5.11 Å². The number of thioether (sulfide) groups is 1. The number of carbonyl (C=O) groups is 1. The number of hydrogen-bond acceptors (Lipinski definition) is 6. The highest BCUT2D eigenvalue weighted by molar-refractivity contribution is 14.1. The molecule has 7 heteroatoms. The van der Waals surface area contributed by atoms with Crippen LogP contribution in [0, 0.1) is 3.57 Å². The number of carboxylic acid groups (broad SMARTS) is 1. The van der Waals surface area contributed by atoms with Crippen molar-refractivity contribution < 1.29 is 14.3 Å². The lowest BCUT2D eigenvalue weighted by Gasteiger charge is -2.05. The Balaban J connectivity index is 2.25.